The van der Waals surface area contributed by atoms with Crippen LogP contribution in [0.2, 0.25) is 0 Å². The first kappa shape index (κ1) is 18.8. The zero-order chi connectivity index (χ0) is 19.8. The molecule has 2 aliphatic heterocycles. The van der Waals surface area contributed by atoms with Gasteiger partial charge in [-0.15, -0.1) is 0 Å². The maximum atomic E-state index is 13.3. The first-order valence-electron chi connectivity index (χ1n) is 11.0. The smallest absolute Gasteiger partial charge is 0.233 e. The van der Waals surface area contributed by atoms with E-state index in [-0.39, 0.29) is 5.41 Å². The van der Waals surface area contributed by atoms with Crippen LogP contribution in [0.1, 0.15) is 55.3 Å². The summed E-state index contributed by atoms with van der Waals surface area (Å²) in [6.07, 6.45) is 4.88. The fourth-order valence-corrected chi connectivity index (χ4v) is 5.06. The Balaban J connectivity index is 1.20. The molecular formula is C25H30N2O2. The lowest BCUT2D eigenvalue weighted by Gasteiger charge is -2.38. The highest BCUT2D eigenvalue weighted by atomic mass is 16.3. The van der Waals surface area contributed by atoms with Gasteiger partial charge in [0.2, 0.25) is 5.91 Å². The van der Waals surface area contributed by atoms with Crippen LogP contribution in [0, 0.1) is 5.41 Å². The second-order valence-electron chi connectivity index (χ2n) is 9.08. The molecule has 0 radical (unpaired) electrons. The number of rotatable bonds is 5. The molecule has 2 heterocycles. The molecule has 2 saturated heterocycles. The number of aliphatic hydroxyl groups is 1. The first-order chi connectivity index (χ1) is 14.1. The van der Waals surface area contributed by atoms with Gasteiger partial charge in [-0.3, -0.25) is 4.79 Å². The van der Waals surface area contributed by atoms with Crippen molar-refractivity contribution in [1.82, 2.24) is 4.90 Å². The predicted octanol–water partition coefficient (Wildman–Crippen LogP) is 4.12. The lowest BCUT2D eigenvalue weighted by atomic mass is 9.77. The number of carbonyl (C=O) groups excluding carboxylic acids is 1. The van der Waals surface area contributed by atoms with Gasteiger partial charge in [0.25, 0.3) is 0 Å². The lowest BCUT2D eigenvalue weighted by molar-refractivity contribution is -0.128. The molecule has 3 aliphatic rings. The minimum atomic E-state index is -0.467. The van der Waals surface area contributed by atoms with Crippen molar-refractivity contribution in [1.29, 1.82) is 0 Å². The van der Waals surface area contributed by atoms with E-state index >= 15 is 0 Å². The molecule has 5 rings (SSSR count). The zero-order valence-electron chi connectivity index (χ0n) is 17.0. The van der Waals surface area contributed by atoms with Gasteiger partial charge in [0.05, 0.1) is 11.5 Å². The minimum Gasteiger partial charge on any atom is -0.387 e. The Morgan fingerprint density at radius 2 is 1.59 bits per heavy atom. The number of piperidine rings is 1. The quantitative estimate of drug-likeness (QED) is 0.835. The SMILES string of the molecule is O=C1N(c2ccc(C3CC3)cc2)CCC12CCN(CC(O)c1ccccc1)CC2. The van der Waals surface area contributed by atoms with Crippen LogP contribution >= 0.6 is 0 Å². The fraction of sp³-hybridized carbons (Fsp3) is 0.480. The van der Waals surface area contributed by atoms with E-state index in [4.69, 9.17) is 0 Å². The number of benzene rings is 2. The van der Waals surface area contributed by atoms with Crippen LogP contribution in [0.3, 0.4) is 0 Å². The van der Waals surface area contributed by atoms with Crippen molar-refractivity contribution in [3.8, 4) is 0 Å². The number of hydrogen-bond acceptors (Lipinski definition) is 3. The molecule has 4 nitrogen and oxygen atoms in total. The number of anilines is 1. The van der Waals surface area contributed by atoms with E-state index in [1.54, 1.807) is 0 Å². The molecule has 0 aromatic heterocycles. The second-order valence-corrected chi connectivity index (χ2v) is 9.08. The van der Waals surface area contributed by atoms with Gasteiger partial charge < -0.3 is 14.9 Å². The molecule has 2 aromatic carbocycles. The molecule has 3 fully saturated rings. The third kappa shape index (κ3) is 3.72. The molecule has 4 heteroatoms. The molecule has 1 spiro atoms. The maximum Gasteiger partial charge on any atom is 0.233 e. The van der Waals surface area contributed by atoms with E-state index in [1.807, 2.05) is 35.2 Å². The van der Waals surface area contributed by atoms with Crippen LogP contribution in [0.5, 0.6) is 0 Å². The number of β-amino-alcohol motifs (C(OH)–C–C–N with tert-alkyl or cyclic N) is 1. The van der Waals surface area contributed by atoms with Gasteiger partial charge in [0, 0.05) is 18.8 Å². The monoisotopic (exact) mass is 390 g/mol. The largest absolute Gasteiger partial charge is 0.387 e. The standard InChI is InChI=1S/C25H30N2O2/c28-23(21-4-2-1-3-5-21)18-26-15-12-25(13-16-26)14-17-27(24(25)29)22-10-8-20(9-11-22)19-6-7-19/h1-5,8-11,19,23,28H,6-7,12-18H2. The highest BCUT2D eigenvalue weighted by molar-refractivity contribution is 6.00. The zero-order valence-corrected chi connectivity index (χ0v) is 17.0. The number of likely N-dealkylation sites (tertiary alicyclic amines) is 1. The summed E-state index contributed by atoms with van der Waals surface area (Å²) in [5.74, 6) is 1.06. The third-order valence-corrected chi connectivity index (χ3v) is 7.19. The summed E-state index contributed by atoms with van der Waals surface area (Å²) < 4.78 is 0. The van der Waals surface area contributed by atoms with E-state index in [0.717, 1.165) is 56.1 Å². The van der Waals surface area contributed by atoms with E-state index in [0.29, 0.717) is 12.5 Å². The van der Waals surface area contributed by atoms with Crippen LogP contribution in [-0.4, -0.2) is 42.1 Å². The van der Waals surface area contributed by atoms with Crippen molar-refractivity contribution in [2.75, 3.05) is 31.1 Å². The van der Waals surface area contributed by atoms with Crippen molar-refractivity contribution < 1.29 is 9.90 Å². The van der Waals surface area contributed by atoms with Crippen LogP contribution < -0.4 is 4.90 Å². The molecule has 1 saturated carbocycles. The number of hydrogen-bond donors (Lipinski definition) is 1. The van der Waals surface area contributed by atoms with Gasteiger partial charge in [-0.25, -0.2) is 0 Å². The molecule has 1 atom stereocenters. The fourth-order valence-electron chi connectivity index (χ4n) is 5.06. The molecule has 2 aromatic rings. The Morgan fingerprint density at radius 3 is 2.24 bits per heavy atom. The van der Waals surface area contributed by atoms with Crippen molar-refractivity contribution in [2.45, 2.75) is 44.1 Å². The van der Waals surface area contributed by atoms with Gasteiger partial charge in [0.1, 0.15) is 0 Å². The van der Waals surface area contributed by atoms with Crippen molar-refractivity contribution in [3.63, 3.8) is 0 Å². The topological polar surface area (TPSA) is 43.8 Å². The highest BCUT2D eigenvalue weighted by Gasteiger charge is 2.48. The summed E-state index contributed by atoms with van der Waals surface area (Å²) in [6.45, 7) is 3.23. The Kier molecular flexibility index (Phi) is 4.92. The van der Waals surface area contributed by atoms with Gasteiger partial charge in [0.15, 0.2) is 0 Å². The summed E-state index contributed by atoms with van der Waals surface area (Å²) in [5.41, 5.74) is 3.23. The van der Waals surface area contributed by atoms with Crippen molar-refractivity contribution >= 4 is 11.6 Å². The van der Waals surface area contributed by atoms with E-state index in [1.165, 1.54) is 18.4 Å². The number of amides is 1. The summed E-state index contributed by atoms with van der Waals surface area (Å²) in [4.78, 5) is 17.6. The number of aliphatic hydroxyl groups excluding tert-OH is 1. The number of carbonyl (C=O) groups is 1. The van der Waals surface area contributed by atoms with Crippen LogP contribution in [0.4, 0.5) is 5.69 Å². The van der Waals surface area contributed by atoms with Crippen LogP contribution in [0.25, 0.3) is 0 Å². The molecule has 1 N–H and O–H groups in total. The number of nitrogens with zero attached hydrogens (tertiary/aromatic N) is 2. The van der Waals surface area contributed by atoms with E-state index < -0.39 is 6.10 Å². The predicted molar refractivity (Wildman–Crippen MR) is 115 cm³/mol. The molecular weight excluding hydrogens is 360 g/mol. The van der Waals surface area contributed by atoms with Crippen molar-refractivity contribution in [2.24, 2.45) is 5.41 Å². The first-order valence-corrected chi connectivity index (χ1v) is 11.0. The van der Waals surface area contributed by atoms with Gasteiger partial charge in [-0.1, -0.05) is 42.5 Å². The maximum absolute atomic E-state index is 13.3. The van der Waals surface area contributed by atoms with Crippen LogP contribution in [-0.2, 0) is 4.79 Å². The second kappa shape index (κ2) is 7.58. The molecule has 29 heavy (non-hydrogen) atoms. The average Bonchev–Trinajstić information content (AvgIpc) is 3.57. The van der Waals surface area contributed by atoms with Gasteiger partial charge >= 0.3 is 0 Å². The molecule has 1 aliphatic carbocycles. The highest BCUT2D eigenvalue weighted by Crippen LogP contribution is 2.44. The van der Waals surface area contributed by atoms with Gasteiger partial charge in [-0.2, -0.15) is 0 Å². The van der Waals surface area contributed by atoms with E-state index in [2.05, 4.69) is 29.2 Å². The summed E-state index contributed by atoms with van der Waals surface area (Å²) in [5, 5.41) is 10.5. The van der Waals surface area contributed by atoms with E-state index in [9.17, 15) is 9.90 Å². The Morgan fingerprint density at radius 1 is 0.931 bits per heavy atom. The van der Waals surface area contributed by atoms with Crippen LogP contribution in [0.15, 0.2) is 54.6 Å². The van der Waals surface area contributed by atoms with Gasteiger partial charge in [-0.05, 0) is 74.4 Å². The normalized spacial score (nSPS) is 22.9. The minimum absolute atomic E-state index is 0.205. The Bertz CT molecular complexity index is 852. The summed E-state index contributed by atoms with van der Waals surface area (Å²) in [7, 11) is 0. The molecule has 152 valence electrons. The molecule has 0 bridgehead atoms. The summed E-state index contributed by atoms with van der Waals surface area (Å²) in [6, 6.07) is 18.5. The van der Waals surface area contributed by atoms with Crippen molar-refractivity contribution in [3.05, 3.63) is 65.7 Å². The lowest BCUT2D eigenvalue weighted by Crippen LogP contribution is -2.45. The Labute approximate surface area is 173 Å². The summed E-state index contributed by atoms with van der Waals surface area (Å²) >= 11 is 0. The molecule has 1 unspecified atom stereocenters. The average molecular weight is 391 g/mol. The third-order valence-electron chi connectivity index (χ3n) is 7.19. The Hall–Kier alpha value is -2.17. The molecule has 1 amide bonds.